The maximum atomic E-state index is 11.0. The van der Waals surface area contributed by atoms with E-state index in [1.807, 2.05) is 13.0 Å². The third kappa shape index (κ3) is 2.64. The SMILES string of the molecule is CC(CC#N)N(C)c1cccc(N)c1[N+](=O)[O-]. The zero-order valence-electron chi connectivity index (χ0n) is 9.75. The van der Waals surface area contributed by atoms with Gasteiger partial charge >= 0.3 is 5.69 Å². The van der Waals surface area contributed by atoms with Gasteiger partial charge < -0.3 is 10.6 Å². The predicted octanol–water partition coefficient (Wildman–Crippen LogP) is 1.92. The molecule has 1 aromatic rings. The van der Waals surface area contributed by atoms with Gasteiger partial charge in [-0.3, -0.25) is 10.1 Å². The lowest BCUT2D eigenvalue weighted by atomic mass is 10.1. The number of nitrogens with zero attached hydrogens (tertiary/aromatic N) is 3. The van der Waals surface area contributed by atoms with E-state index in [9.17, 15) is 10.1 Å². The van der Waals surface area contributed by atoms with Crippen molar-refractivity contribution in [3.05, 3.63) is 28.3 Å². The van der Waals surface area contributed by atoms with Gasteiger partial charge in [0.1, 0.15) is 11.4 Å². The molecule has 0 spiro atoms. The highest BCUT2D eigenvalue weighted by Gasteiger charge is 2.22. The van der Waals surface area contributed by atoms with Gasteiger partial charge in [0, 0.05) is 13.1 Å². The van der Waals surface area contributed by atoms with Crippen LogP contribution in [0.4, 0.5) is 17.1 Å². The highest BCUT2D eigenvalue weighted by Crippen LogP contribution is 2.33. The first-order valence-electron chi connectivity index (χ1n) is 5.11. The molecule has 1 atom stereocenters. The summed E-state index contributed by atoms with van der Waals surface area (Å²) in [5.41, 5.74) is 6.05. The number of hydrogen-bond donors (Lipinski definition) is 1. The summed E-state index contributed by atoms with van der Waals surface area (Å²) in [5, 5.41) is 19.6. The lowest BCUT2D eigenvalue weighted by Gasteiger charge is -2.25. The Balaban J connectivity index is 3.18. The number of rotatable bonds is 4. The standard InChI is InChI=1S/C11H14N4O2/c1-8(6-7-12)14(2)10-5-3-4-9(13)11(10)15(16)17/h3-5,8H,6,13H2,1-2H3. The summed E-state index contributed by atoms with van der Waals surface area (Å²) in [4.78, 5) is 12.2. The van der Waals surface area contributed by atoms with Gasteiger partial charge in [0.25, 0.3) is 0 Å². The Bertz CT molecular complexity index is 467. The van der Waals surface area contributed by atoms with E-state index in [0.29, 0.717) is 12.1 Å². The zero-order chi connectivity index (χ0) is 13.0. The molecule has 0 fully saturated rings. The summed E-state index contributed by atoms with van der Waals surface area (Å²) in [6, 6.07) is 6.71. The second kappa shape index (κ2) is 5.16. The Morgan fingerprint density at radius 2 is 2.29 bits per heavy atom. The van der Waals surface area contributed by atoms with Crippen molar-refractivity contribution < 1.29 is 4.92 Å². The van der Waals surface area contributed by atoms with E-state index in [4.69, 9.17) is 11.0 Å². The molecule has 0 aliphatic rings. The largest absolute Gasteiger partial charge is 0.393 e. The van der Waals surface area contributed by atoms with Crippen LogP contribution >= 0.6 is 0 Å². The molecule has 6 heteroatoms. The predicted molar refractivity (Wildman–Crippen MR) is 65.6 cm³/mol. The minimum atomic E-state index is -0.500. The first-order chi connectivity index (χ1) is 7.99. The molecule has 0 aliphatic carbocycles. The molecule has 1 unspecified atom stereocenters. The van der Waals surface area contributed by atoms with Gasteiger partial charge in [-0.2, -0.15) is 5.26 Å². The van der Waals surface area contributed by atoms with Gasteiger partial charge in [-0.25, -0.2) is 0 Å². The number of anilines is 2. The molecule has 0 heterocycles. The smallest absolute Gasteiger partial charge is 0.315 e. The minimum Gasteiger partial charge on any atom is -0.393 e. The molecule has 6 nitrogen and oxygen atoms in total. The maximum absolute atomic E-state index is 11.0. The van der Waals surface area contributed by atoms with E-state index < -0.39 is 4.92 Å². The van der Waals surface area contributed by atoms with Crippen molar-refractivity contribution in [3.63, 3.8) is 0 Å². The highest BCUT2D eigenvalue weighted by molar-refractivity contribution is 5.75. The van der Waals surface area contributed by atoms with Gasteiger partial charge in [-0.05, 0) is 19.1 Å². The summed E-state index contributed by atoms with van der Waals surface area (Å²) in [7, 11) is 1.71. The van der Waals surface area contributed by atoms with Gasteiger partial charge in [0.05, 0.1) is 17.4 Å². The Morgan fingerprint density at radius 1 is 1.65 bits per heavy atom. The second-order valence-corrected chi connectivity index (χ2v) is 3.79. The molecule has 0 aromatic heterocycles. The quantitative estimate of drug-likeness (QED) is 0.487. The van der Waals surface area contributed by atoms with E-state index in [1.165, 1.54) is 6.07 Å². The maximum Gasteiger partial charge on any atom is 0.315 e. The number of nitriles is 1. The number of hydrogen-bond acceptors (Lipinski definition) is 5. The van der Waals surface area contributed by atoms with E-state index in [-0.39, 0.29) is 17.4 Å². The van der Waals surface area contributed by atoms with Crippen molar-refractivity contribution in [2.24, 2.45) is 0 Å². The molecule has 0 radical (unpaired) electrons. The molecule has 0 saturated carbocycles. The molecule has 90 valence electrons. The van der Waals surface area contributed by atoms with E-state index in [0.717, 1.165) is 0 Å². The Kier molecular flexibility index (Phi) is 3.88. The van der Waals surface area contributed by atoms with Crippen LogP contribution in [0.15, 0.2) is 18.2 Å². The molecular formula is C11H14N4O2. The van der Waals surface area contributed by atoms with E-state index in [1.54, 1.807) is 24.1 Å². The van der Waals surface area contributed by atoms with Crippen LogP contribution in [0, 0.1) is 21.4 Å². The molecule has 17 heavy (non-hydrogen) atoms. The number of nitro benzene ring substituents is 1. The number of para-hydroxylation sites is 1. The Labute approximate surface area is 99.4 Å². The fraction of sp³-hybridized carbons (Fsp3) is 0.364. The normalized spacial score (nSPS) is 11.6. The summed E-state index contributed by atoms with van der Waals surface area (Å²) < 4.78 is 0. The van der Waals surface area contributed by atoms with Crippen LogP contribution in [0.1, 0.15) is 13.3 Å². The van der Waals surface area contributed by atoms with Crippen LogP contribution in [0.25, 0.3) is 0 Å². The van der Waals surface area contributed by atoms with Crippen molar-refractivity contribution in [2.75, 3.05) is 17.7 Å². The highest BCUT2D eigenvalue weighted by atomic mass is 16.6. The molecule has 0 aliphatic heterocycles. The van der Waals surface area contributed by atoms with Gasteiger partial charge in [0.15, 0.2) is 0 Å². The molecule has 0 bridgehead atoms. The van der Waals surface area contributed by atoms with Crippen LogP contribution in [0.5, 0.6) is 0 Å². The van der Waals surface area contributed by atoms with Crippen molar-refractivity contribution in [1.29, 1.82) is 5.26 Å². The third-order valence-electron chi connectivity index (χ3n) is 2.66. The van der Waals surface area contributed by atoms with Crippen LogP contribution < -0.4 is 10.6 Å². The fourth-order valence-corrected chi connectivity index (χ4v) is 1.54. The Morgan fingerprint density at radius 3 is 2.82 bits per heavy atom. The number of nitrogen functional groups attached to an aromatic ring is 1. The number of nitro groups is 1. The average molecular weight is 234 g/mol. The van der Waals surface area contributed by atoms with Gasteiger partial charge in [-0.1, -0.05) is 6.07 Å². The van der Waals surface area contributed by atoms with Crippen molar-refractivity contribution >= 4 is 17.1 Å². The summed E-state index contributed by atoms with van der Waals surface area (Å²) in [6.07, 6.45) is 0.294. The topological polar surface area (TPSA) is 96.2 Å². The van der Waals surface area contributed by atoms with Crippen molar-refractivity contribution in [1.82, 2.24) is 0 Å². The van der Waals surface area contributed by atoms with Crippen molar-refractivity contribution in [3.8, 4) is 6.07 Å². The third-order valence-corrected chi connectivity index (χ3v) is 2.66. The van der Waals surface area contributed by atoms with Crippen molar-refractivity contribution in [2.45, 2.75) is 19.4 Å². The monoisotopic (exact) mass is 234 g/mol. The molecular weight excluding hydrogens is 220 g/mol. The molecule has 1 rings (SSSR count). The lowest BCUT2D eigenvalue weighted by Crippen LogP contribution is -2.29. The lowest BCUT2D eigenvalue weighted by molar-refractivity contribution is -0.383. The first kappa shape index (κ1) is 12.8. The van der Waals surface area contributed by atoms with E-state index in [2.05, 4.69) is 0 Å². The fourth-order valence-electron chi connectivity index (χ4n) is 1.54. The molecule has 0 saturated heterocycles. The average Bonchev–Trinajstić information content (AvgIpc) is 2.27. The summed E-state index contributed by atoms with van der Waals surface area (Å²) >= 11 is 0. The molecule has 2 N–H and O–H groups in total. The second-order valence-electron chi connectivity index (χ2n) is 3.79. The zero-order valence-corrected chi connectivity index (χ0v) is 9.75. The summed E-state index contributed by atoms with van der Waals surface area (Å²) in [5.74, 6) is 0. The number of benzene rings is 1. The minimum absolute atomic E-state index is 0.111. The van der Waals surface area contributed by atoms with Crippen LogP contribution in [-0.2, 0) is 0 Å². The van der Waals surface area contributed by atoms with Crippen LogP contribution in [0.3, 0.4) is 0 Å². The number of nitrogens with two attached hydrogens (primary N) is 1. The van der Waals surface area contributed by atoms with Crippen LogP contribution in [0.2, 0.25) is 0 Å². The van der Waals surface area contributed by atoms with Gasteiger partial charge in [-0.15, -0.1) is 0 Å². The Hall–Kier alpha value is -2.29. The van der Waals surface area contributed by atoms with E-state index >= 15 is 0 Å². The van der Waals surface area contributed by atoms with Gasteiger partial charge in [0.2, 0.25) is 0 Å². The molecule has 0 amide bonds. The van der Waals surface area contributed by atoms with Crippen LogP contribution in [-0.4, -0.2) is 18.0 Å². The summed E-state index contributed by atoms with van der Waals surface area (Å²) in [6.45, 7) is 1.83. The first-order valence-corrected chi connectivity index (χ1v) is 5.11. The molecule has 1 aromatic carbocycles.